The van der Waals surface area contributed by atoms with Crippen LogP contribution in [0.2, 0.25) is 0 Å². The van der Waals surface area contributed by atoms with E-state index in [4.69, 9.17) is 17.2 Å². The maximum Gasteiger partial charge on any atom is 0.244 e. The summed E-state index contributed by atoms with van der Waals surface area (Å²) in [6.45, 7) is -0.332. The zero-order valence-corrected chi connectivity index (χ0v) is 46.2. The number of aromatic nitrogens is 2. The van der Waals surface area contributed by atoms with E-state index >= 15 is 0 Å². The fourth-order valence-corrected chi connectivity index (χ4v) is 9.80. The fraction of sp³-hybridized carbons (Fsp3) is 0.305. The monoisotopic (exact) mass is 1140 g/mol. The molecule has 0 aliphatic heterocycles. The number of pyridine rings is 1. The predicted molar refractivity (Wildman–Crippen MR) is 318 cm³/mol. The quantitative estimate of drug-likeness (QED) is 0.0238. The number of fused-ring (bicyclic) bond motifs is 3. The number of thiol groups is 2. The van der Waals surface area contributed by atoms with Crippen LogP contribution in [0.3, 0.4) is 0 Å². The first-order chi connectivity index (χ1) is 39.1. The normalized spacial score (nSPS) is 13.8. The van der Waals surface area contributed by atoms with Gasteiger partial charge < -0.3 is 59.4 Å². The van der Waals surface area contributed by atoms with E-state index in [0.717, 1.165) is 43.6 Å². The molecule has 81 heavy (non-hydrogen) atoms. The van der Waals surface area contributed by atoms with Gasteiger partial charge in [0.25, 0.3) is 0 Å². The van der Waals surface area contributed by atoms with Crippen molar-refractivity contribution in [3.05, 3.63) is 162 Å². The Morgan fingerprint density at radius 3 is 1.65 bits per heavy atom. The van der Waals surface area contributed by atoms with Crippen molar-refractivity contribution < 1.29 is 38.4 Å². The van der Waals surface area contributed by atoms with Crippen molar-refractivity contribution in [2.24, 2.45) is 17.2 Å². The number of rotatable bonds is 29. The lowest BCUT2D eigenvalue weighted by molar-refractivity contribution is -0.134. The van der Waals surface area contributed by atoms with Crippen molar-refractivity contribution in [2.45, 2.75) is 87.2 Å². The molecular formula is C59H68N12O8S2. The van der Waals surface area contributed by atoms with Crippen molar-refractivity contribution in [3.8, 4) is 0 Å². The van der Waals surface area contributed by atoms with Gasteiger partial charge in [-0.3, -0.25) is 43.3 Å². The number of carbonyl (C=O) groups excluding carboxylic acids is 8. The number of unbranched alkanes of at least 4 members (excludes halogenated alkanes) is 1. The molecule has 7 rings (SSSR count). The summed E-state index contributed by atoms with van der Waals surface area (Å²) in [7, 11) is 0. The molecule has 0 radical (unpaired) electrons. The lowest BCUT2D eigenvalue weighted by Crippen LogP contribution is -2.60. The minimum atomic E-state index is -1.35. The molecule has 0 aliphatic carbocycles. The topological polar surface area (TPSA) is 328 Å². The van der Waals surface area contributed by atoms with Gasteiger partial charge in [-0.25, -0.2) is 0 Å². The van der Waals surface area contributed by atoms with E-state index in [9.17, 15) is 38.4 Å². The third-order valence-electron chi connectivity index (χ3n) is 13.7. The molecule has 2 heterocycles. The standard InChI is InChI=1S/C59H68N12O8S2/c60-22-8-7-17-46(55(75)65-32-52(72)66-50(33-80)58(78)68-47(53(62)73)27-36-19-21-39-12-2-4-14-41(39)25-36)67-57(77)49(29-42-31-64-45-16-6-5-15-43(42)45)70-56(76)48(28-37-10-9-23-63-30-37)69-59(79)51(34-81)71-54(74)44(61)26-35-18-20-38-11-1-3-13-40(38)24-35/h1-6,9-16,18-21,23-25,30-31,44,46-51,64,80-81H,7-8,17,22,26-29,32-34,60-61H2,(H2,62,73)(H,65,75)(H,66,72)(H,67,77)(H,68,78)(H,69,79)(H,70,76)(H,71,74)/t44-,46-,47-,48-,49+,50-,51+/m0/s1. The predicted octanol–water partition coefficient (Wildman–Crippen LogP) is 1.97. The van der Waals surface area contributed by atoms with E-state index in [0.29, 0.717) is 24.0 Å². The number of para-hydroxylation sites is 1. The average molecular weight is 1140 g/mol. The van der Waals surface area contributed by atoms with E-state index in [1.54, 1.807) is 24.5 Å². The van der Waals surface area contributed by atoms with Gasteiger partial charge in [0.15, 0.2) is 0 Å². The summed E-state index contributed by atoms with van der Waals surface area (Å²) in [5.74, 6) is -6.26. The summed E-state index contributed by atoms with van der Waals surface area (Å²) in [4.78, 5) is 118. The first-order valence-electron chi connectivity index (χ1n) is 26.6. The van der Waals surface area contributed by atoms with E-state index in [-0.39, 0.29) is 50.2 Å². The molecule has 8 amide bonds. The van der Waals surface area contributed by atoms with Gasteiger partial charge in [-0.2, -0.15) is 25.3 Å². The van der Waals surface area contributed by atoms with Gasteiger partial charge >= 0.3 is 0 Å². The number of carbonyl (C=O) groups is 8. The Balaban J connectivity index is 1.03. The minimum Gasteiger partial charge on any atom is -0.368 e. The number of hydrogen-bond acceptors (Lipinski definition) is 13. The molecule has 0 aliphatic rings. The number of primary amides is 1. The van der Waals surface area contributed by atoms with Crippen molar-refractivity contribution in [1.29, 1.82) is 0 Å². The van der Waals surface area contributed by atoms with Gasteiger partial charge in [-0.15, -0.1) is 0 Å². The molecule has 20 nitrogen and oxygen atoms in total. The van der Waals surface area contributed by atoms with E-state index < -0.39 is 96.1 Å². The number of nitrogens with two attached hydrogens (primary N) is 3. The number of aromatic amines is 1. The van der Waals surface area contributed by atoms with Crippen molar-refractivity contribution in [3.63, 3.8) is 0 Å². The lowest BCUT2D eigenvalue weighted by atomic mass is 10.0. The number of H-pyrrole nitrogens is 1. The Kier molecular flexibility index (Phi) is 22.2. The van der Waals surface area contributed by atoms with Crippen LogP contribution in [0.1, 0.15) is 41.5 Å². The Labute approximate surface area is 479 Å². The summed E-state index contributed by atoms with van der Waals surface area (Å²) in [5, 5.41) is 23.4. The highest BCUT2D eigenvalue weighted by Gasteiger charge is 2.33. The van der Waals surface area contributed by atoms with E-state index in [2.05, 4.69) is 72.4 Å². The van der Waals surface area contributed by atoms with Crippen LogP contribution in [0.4, 0.5) is 0 Å². The second-order valence-electron chi connectivity index (χ2n) is 19.7. The summed E-state index contributed by atoms with van der Waals surface area (Å²) in [6, 6.07) is 29.0. The summed E-state index contributed by atoms with van der Waals surface area (Å²) >= 11 is 8.62. The van der Waals surface area contributed by atoms with Gasteiger partial charge in [0.2, 0.25) is 47.3 Å². The number of nitrogens with zero attached hydrogens (tertiary/aromatic N) is 1. The van der Waals surface area contributed by atoms with Crippen LogP contribution >= 0.6 is 25.3 Å². The van der Waals surface area contributed by atoms with Gasteiger partial charge in [-0.1, -0.05) is 109 Å². The SMILES string of the molecule is NCCCC[C@H](NC(=O)[C@@H](Cc1c[nH]c2ccccc12)NC(=O)[C@H](Cc1cccnc1)NC(=O)[C@@H](CS)NC(=O)[C@@H](N)Cc1ccc2ccccc2c1)C(=O)NCC(=O)N[C@@H](CS)C(=O)N[C@@H](Cc1ccc2ccccc2c1)C(N)=O. The van der Waals surface area contributed by atoms with Crippen LogP contribution < -0.4 is 54.4 Å². The molecule has 14 N–H and O–H groups in total. The molecule has 0 bridgehead atoms. The highest BCUT2D eigenvalue weighted by molar-refractivity contribution is 7.80. The highest BCUT2D eigenvalue weighted by Crippen LogP contribution is 2.21. The molecule has 0 spiro atoms. The molecule has 5 aromatic carbocycles. The van der Waals surface area contributed by atoms with Gasteiger partial charge in [0.1, 0.15) is 36.3 Å². The fourth-order valence-electron chi connectivity index (χ4n) is 9.28. The maximum atomic E-state index is 14.7. The smallest absolute Gasteiger partial charge is 0.244 e. The molecule has 0 unspecified atom stereocenters. The molecule has 7 aromatic rings. The number of nitrogens with one attached hydrogen (secondary N) is 8. The molecule has 2 aromatic heterocycles. The first kappa shape index (κ1) is 60.3. The minimum absolute atomic E-state index is 0.0782. The Bertz CT molecular complexity index is 3350. The van der Waals surface area contributed by atoms with Crippen molar-refractivity contribution >= 4 is 105 Å². The van der Waals surface area contributed by atoms with Crippen molar-refractivity contribution in [2.75, 3.05) is 24.6 Å². The zero-order valence-electron chi connectivity index (χ0n) is 44.4. The summed E-state index contributed by atoms with van der Waals surface area (Å²) in [5.41, 5.74) is 21.4. The lowest BCUT2D eigenvalue weighted by Gasteiger charge is -2.27. The van der Waals surface area contributed by atoms with Crippen LogP contribution in [0.25, 0.3) is 32.4 Å². The second kappa shape index (κ2) is 29.8. The number of benzene rings is 5. The van der Waals surface area contributed by atoms with Crippen LogP contribution in [-0.2, 0) is 64.0 Å². The van der Waals surface area contributed by atoms with Crippen LogP contribution in [-0.4, -0.2) is 124 Å². The molecule has 0 saturated heterocycles. The van der Waals surface area contributed by atoms with Gasteiger partial charge in [-0.05, 0) is 88.2 Å². The van der Waals surface area contributed by atoms with E-state index in [1.807, 2.05) is 109 Å². The van der Waals surface area contributed by atoms with Crippen LogP contribution in [0.5, 0.6) is 0 Å². The van der Waals surface area contributed by atoms with Crippen LogP contribution in [0.15, 0.2) is 140 Å². The average Bonchev–Trinajstić information content (AvgIpc) is 3.92. The number of amides is 8. The van der Waals surface area contributed by atoms with E-state index in [1.165, 1.54) is 6.20 Å². The van der Waals surface area contributed by atoms with Gasteiger partial charge in [0.05, 0.1) is 12.6 Å². The maximum absolute atomic E-state index is 14.7. The third kappa shape index (κ3) is 17.3. The Morgan fingerprint density at radius 1 is 0.519 bits per heavy atom. The second-order valence-corrected chi connectivity index (χ2v) is 20.4. The highest BCUT2D eigenvalue weighted by atomic mass is 32.1. The molecule has 424 valence electrons. The van der Waals surface area contributed by atoms with Crippen molar-refractivity contribution in [1.82, 2.24) is 47.2 Å². The van der Waals surface area contributed by atoms with Gasteiger partial charge in [0, 0.05) is 60.3 Å². The Hall–Kier alpha value is -8.31. The summed E-state index contributed by atoms with van der Waals surface area (Å²) in [6.07, 6.45) is 5.85. The Morgan fingerprint density at radius 2 is 1.05 bits per heavy atom. The summed E-state index contributed by atoms with van der Waals surface area (Å²) < 4.78 is 0. The third-order valence-corrected chi connectivity index (χ3v) is 14.4. The molecule has 0 saturated carbocycles. The van der Waals surface area contributed by atoms with Crippen LogP contribution in [0, 0.1) is 0 Å². The molecule has 0 fully saturated rings. The zero-order chi connectivity index (χ0) is 57.8. The molecule has 22 heteroatoms. The first-order valence-corrected chi connectivity index (χ1v) is 27.8. The molecule has 7 atom stereocenters. The largest absolute Gasteiger partial charge is 0.368 e. The number of hydrogen-bond donors (Lipinski definition) is 13. The molecular weight excluding hydrogens is 1070 g/mol.